The van der Waals surface area contributed by atoms with Crippen LogP contribution in [0.25, 0.3) is 0 Å². The van der Waals surface area contributed by atoms with Crippen molar-refractivity contribution < 1.29 is 37.2 Å². The third kappa shape index (κ3) is 9.74. The molecule has 1 rings (SSSR count). The van der Waals surface area contributed by atoms with Gasteiger partial charge in [0.2, 0.25) is 10.0 Å². The fourth-order valence-corrected chi connectivity index (χ4v) is 4.08. The minimum atomic E-state index is -4.07. The molecule has 1 aromatic rings. The van der Waals surface area contributed by atoms with Gasteiger partial charge in [-0.15, -0.1) is 0 Å². The van der Waals surface area contributed by atoms with Gasteiger partial charge in [-0.3, -0.25) is 4.79 Å². The lowest BCUT2D eigenvalue weighted by atomic mass is 9.96. The smallest absolute Gasteiger partial charge is 0.408 e. The van der Waals surface area contributed by atoms with Gasteiger partial charge in [-0.25, -0.2) is 18.0 Å². The van der Waals surface area contributed by atoms with E-state index in [0.717, 1.165) is 0 Å². The molecule has 11 nitrogen and oxygen atoms in total. The number of hydrogen-bond acceptors (Lipinski definition) is 8. The first-order valence-electron chi connectivity index (χ1n) is 10.3. The van der Waals surface area contributed by atoms with E-state index in [4.69, 9.17) is 9.47 Å². The molecule has 0 aromatic heterocycles. The predicted octanol–water partition coefficient (Wildman–Crippen LogP) is 2.95. The summed E-state index contributed by atoms with van der Waals surface area (Å²) in [5, 5.41) is 2.77. The number of carbonyl (C=O) groups excluding carboxylic acids is 2. The van der Waals surface area contributed by atoms with Crippen LogP contribution in [-0.4, -0.2) is 56.8 Å². The Balaban J connectivity index is 2.81. The van der Waals surface area contributed by atoms with Crippen LogP contribution >= 0.6 is 0 Å². The van der Waals surface area contributed by atoms with E-state index in [9.17, 15) is 22.9 Å². The Morgan fingerprint density at radius 1 is 1.06 bits per heavy atom. The normalized spacial score (nSPS) is 13.1. The van der Waals surface area contributed by atoms with Gasteiger partial charge in [-0.2, -0.15) is 4.72 Å². The molecule has 0 aliphatic carbocycles. The summed E-state index contributed by atoms with van der Waals surface area (Å²) in [6.45, 7) is 8.88. The molecule has 0 saturated heterocycles. The van der Waals surface area contributed by atoms with Crippen molar-refractivity contribution in [3.63, 3.8) is 0 Å². The van der Waals surface area contributed by atoms with Crippen LogP contribution in [0.3, 0.4) is 0 Å². The summed E-state index contributed by atoms with van der Waals surface area (Å²) in [7, 11) is -1.72. The number of esters is 1. The maximum atomic E-state index is 12.7. The summed E-state index contributed by atoms with van der Waals surface area (Å²) in [4.78, 5) is 40.3. The number of methoxy groups -OCH3 is 1. The highest BCUT2D eigenvalue weighted by Gasteiger charge is 2.29. The summed E-state index contributed by atoms with van der Waals surface area (Å²) >= 11 is 0. The standard InChI is InChI=1S/C21H33N3O8S/c1-20(2,3)32-19(26)22-21(4,5)14-8-9-17(18(25)30-6)23-33(28,29)16-12-10-15(11-13-16)24(27)31-7/h10-13,17,23H,8-9,14H2,1-7H3/p+1/t17-/m0/s1. The molecule has 186 valence electrons. The highest BCUT2D eigenvalue weighted by atomic mass is 32.2. The number of amides is 1. The number of sulfonamides is 1. The molecule has 0 aliphatic heterocycles. The van der Waals surface area contributed by atoms with Crippen LogP contribution in [0.1, 0.15) is 53.9 Å². The van der Waals surface area contributed by atoms with Crippen LogP contribution < -0.4 is 10.0 Å². The zero-order chi connectivity index (χ0) is 25.4. The van der Waals surface area contributed by atoms with E-state index in [-0.39, 0.29) is 21.9 Å². The molecular formula is C21H34N3O8S+. The van der Waals surface area contributed by atoms with E-state index in [1.807, 2.05) is 0 Å². The zero-order valence-corrected chi connectivity index (χ0v) is 20.9. The molecule has 0 bridgehead atoms. The highest BCUT2D eigenvalue weighted by molar-refractivity contribution is 7.89. The molecule has 0 radical (unpaired) electrons. The first-order chi connectivity index (χ1) is 15.1. The first-order valence-corrected chi connectivity index (χ1v) is 11.8. The summed E-state index contributed by atoms with van der Waals surface area (Å²) in [6, 6.07) is 3.88. The Bertz CT molecular complexity index is 937. The molecule has 1 atom stereocenters. The second-order valence-electron chi connectivity index (χ2n) is 9.03. The molecule has 0 aliphatic rings. The number of nitrogens with zero attached hydrogens (tertiary/aromatic N) is 1. The molecule has 0 spiro atoms. The quantitative estimate of drug-likeness (QED) is 0.358. The van der Waals surface area contributed by atoms with Gasteiger partial charge in [-0.1, -0.05) is 0 Å². The van der Waals surface area contributed by atoms with Crippen LogP contribution in [0.15, 0.2) is 29.2 Å². The molecule has 33 heavy (non-hydrogen) atoms. The van der Waals surface area contributed by atoms with Gasteiger partial charge in [0.05, 0.1) is 16.9 Å². The van der Waals surface area contributed by atoms with Gasteiger partial charge in [0.1, 0.15) is 11.6 Å². The van der Waals surface area contributed by atoms with Crippen LogP contribution in [0.4, 0.5) is 10.5 Å². The summed E-state index contributed by atoms with van der Waals surface area (Å²) in [5.74, 6) is -0.738. The molecular weight excluding hydrogens is 454 g/mol. The monoisotopic (exact) mass is 488 g/mol. The fraction of sp³-hybridized carbons (Fsp3) is 0.619. The topological polar surface area (TPSA) is 140 Å². The second-order valence-corrected chi connectivity index (χ2v) is 10.7. The Kier molecular flexibility index (Phi) is 9.79. The molecule has 0 saturated carbocycles. The summed E-state index contributed by atoms with van der Waals surface area (Å²) in [6.07, 6.45) is 0.433. The number of carbonyl (C=O) groups is 2. The number of hydrogen-bond donors (Lipinski definition) is 2. The van der Waals surface area contributed by atoms with Crippen LogP contribution in [-0.2, 0) is 29.1 Å². The van der Waals surface area contributed by atoms with Crippen molar-refractivity contribution in [3.8, 4) is 0 Å². The minimum absolute atomic E-state index is 0.112. The van der Waals surface area contributed by atoms with Gasteiger partial charge >= 0.3 is 17.7 Å². The molecule has 1 amide bonds. The Morgan fingerprint density at radius 2 is 1.64 bits per heavy atom. The largest absolute Gasteiger partial charge is 0.468 e. The van der Waals surface area contributed by atoms with Crippen LogP contribution in [0.5, 0.6) is 0 Å². The van der Waals surface area contributed by atoms with E-state index < -0.39 is 39.3 Å². The van der Waals surface area contributed by atoms with E-state index in [0.29, 0.717) is 12.8 Å². The number of rotatable bonds is 11. The Hall–Kier alpha value is -2.73. The minimum Gasteiger partial charge on any atom is -0.468 e. The van der Waals surface area contributed by atoms with Crippen molar-refractivity contribution in [2.45, 2.75) is 76.0 Å². The average Bonchev–Trinajstić information content (AvgIpc) is 2.69. The van der Waals surface area contributed by atoms with E-state index in [2.05, 4.69) is 14.9 Å². The van der Waals surface area contributed by atoms with Crippen molar-refractivity contribution in [2.24, 2.45) is 0 Å². The molecule has 12 heteroatoms. The summed E-state index contributed by atoms with van der Waals surface area (Å²) < 4.78 is 37.8. The van der Waals surface area contributed by atoms with Gasteiger partial charge in [0.15, 0.2) is 7.11 Å². The second kappa shape index (κ2) is 11.4. The van der Waals surface area contributed by atoms with Crippen molar-refractivity contribution in [2.75, 3.05) is 14.2 Å². The Labute approximate surface area is 194 Å². The summed E-state index contributed by atoms with van der Waals surface area (Å²) in [5.41, 5.74) is -1.17. The van der Waals surface area contributed by atoms with Gasteiger partial charge < -0.3 is 14.8 Å². The lowest BCUT2D eigenvalue weighted by molar-refractivity contribution is -0.736. The number of ether oxygens (including phenoxy) is 2. The molecule has 0 fully saturated rings. The SMILES string of the molecule is COC(=O)[C@H](CCCC(C)(C)NC(=O)OC(C)(C)C)NS(=O)(=O)c1ccc([N+](=O)OC)cc1. The van der Waals surface area contributed by atoms with Crippen molar-refractivity contribution >= 4 is 27.8 Å². The van der Waals surface area contributed by atoms with Crippen molar-refractivity contribution in [1.29, 1.82) is 0 Å². The zero-order valence-electron chi connectivity index (χ0n) is 20.1. The van der Waals surface area contributed by atoms with Crippen LogP contribution in [0, 0.1) is 4.91 Å². The Morgan fingerprint density at radius 3 is 2.12 bits per heavy atom. The molecule has 1 aromatic carbocycles. The average molecular weight is 489 g/mol. The maximum absolute atomic E-state index is 12.7. The van der Waals surface area contributed by atoms with E-state index >= 15 is 0 Å². The van der Waals surface area contributed by atoms with Crippen molar-refractivity contribution in [3.05, 3.63) is 29.2 Å². The van der Waals surface area contributed by atoms with Gasteiger partial charge in [-0.05, 0) is 66.0 Å². The number of alkyl carbamates (subject to hydrolysis) is 1. The third-order valence-corrected chi connectivity index (χ3v) is 5.93. The van der Waals surface area contributed by atoms with E-state index in [1.54, 1.807) is 34.6 Å². The number of benzene rings is 1. The predicted molar refractivity (Wildman–Crippen MR) is 120 cm³/mol. The van der Waals surface area contributed by atoms with Crippen molar-refractivity contribution in [1.82, 2.24) is 10.0 Å². The van der Waals surface area contributed by atoms with Gasteiger partial charge in [0.25, 0.3) is 4.92 Å². The molecule has 0 heterocycles. The highest BCUT2D eigenvalue weighted by Crippen LogP contribution is 2.19. The third-order valence-electron chi connectivity index (χ3n) is 4.44. The van der Waals surface area contributed by atoms with Gasteiger partial charge in [0, 0.05) is 17.7 Å². The number of nitrogens with one attached hydrogen (secondary N) is 2. The first kappa shape index (κ1) is 28.3. The molecule has 0 unspecified atom stereocenters. The van der Waals surface area contributed by atoms with Crippen LogP contribution in [0.2, 0.25) is 0 Å². The maximum Gasteiger partial charge on any atom is 0.408 e. The lowest BCUT2D eigenvalue weighted by Gasteiger charge is -2.29. The lowest BCUT2D eigenvalue weighted by Crippen LogP contribution is -2.46. The fourth-order valence-electron chi connectivity index (χ4n) is 2.87. The van der Waals surface area contributed by atoms with E-state index in [1.165, 1.54) is 38.5 Å². The molecule has 2 N–H and O–H groups in total.